The minimum atomic E-state index is -0.705. The third kappa shape index (κ3) is 7.22. The van der Waals surface area contributed by atoms with Gasteiger partial charge in [-0.1, -0.05) is 12.1 Å². The molecule has 142 valence electrons. The molecular formula is C18H24N2O4S2. The number of hydrogen-bond donors (Lipinski definition) is 4. The van der Waals surface area contributed by atoms with Crippen LogP contribution in [-0.2, 0) is 11.5 Å². The average Bonchev–Trinajstić information content (AvgIpc) is 2.68. The van der Waals surface area contributed by atoms with Gasteiger partial charge >= 0.3 is 0 Å². The van der Waals surface area contributed by atoms with Crippen LogP contribution in [0.1, 0.15) is 11.4 Å². The summed E-state index contributed by atoms with van der Waals surface area (Å²) in [6.07, 6.45) is -1.41. The summed E-state index contributed by atoms with van der Waals surface area (Å²) in [5.74, 6) is 2.24. The molecule has 2 atom stereocenters. The molecule has 0 aliphatic rings. The summed E-state index contributed by atoms with van der Waals surface area (Å²) in [5, 5.41) is 36.5. The van der Waals surface area contributed by atoms with Gasteiger partial charge in [0.05, 0.1) is 48.2 Å². The standard InChI is InChI=1S/C18H24N2O4S2/c21-7-15(23)11-25-9-13-3-1-5-17(19-13)18-6-2-4-14(20-18)10-26-12-16(24)8-22/h1-6,15-16,21-24H,7-12H2. The van der Waals surface area contributed by atoms with E-state index in [0.717, 1.165) is 22.8 Å². The Morgan fingerprint density at radius 2 is 1.15 bits per heavy atom. The number of rotatable bonds is 11. The highest BCUT2D eigenvalue weighted by Gasteiger charge is 2.07. The van der Waals surface area contributed by atoms with Crippen molar-refractivity contribution in [2.24, 2.45) is 0 Å². The maximum Gasteiger partial charge on any atom is 0.0889 e. The molecule has 0 saturated carbocycles. The number of aliphatic hydroxyl groups excluding tert-OH is 4. The third-order valence-electron chi connectivity index (χ3n) is 3.42. The molecule has 0 fully saturated rings. The molecule has 8 heteroatoms. The van der Waals surface area contributed by atoms with Crippen LogP contribution in [0.2, 0.25) is 0 Å². The zero-order valence-corrected chi connectivity index (χ0v) is 16.0. The van der Waals surface area contributed by atoms with Gasteiger partial charge in [0.25, 0.3) is 0 Å². The van der Waals surface area contributed by atoms with Crippen LogP contribution < -0.4 is 0 Å². The fourth-order valence-electron chi connectivity index (χ4n) is 2.11. The van der Waals surface area contributed by atoms with Gasteiger partial charge in [0.15, 0.2) is 0 Å². The van der Waals surface area contributed by atoms with E-state index in [9.17, 15) is 10.2 Å². The number of hydrogen-bond acceptors (Lipinski definition) is 8. The predicted molar refractivity (Wildman–Crippen MR) is 106 cm³/mol. The first-order valence-electron chi connectivity index (χ1n) is 8.28. The number of pyridine rings is 2. The molecule has 0 amide bonds. The van der Waals surface area contributed by atoms with Crippen LogP contribution >= 0.6 is 23.5 Å². The quantitative estimate of drug-likeness (QED) is 0.451. The first-order chi connectivity index (χ1) is 12.6. The Morgan fingerprint density at radius 3 is 1.54 bits per heavy atom. The van der Waals surface area contributed by atoms with E-state index in [1.54, 1.807) is 0 Å². The topological polar surface area (TPSA) is 107 Å². The molecule has 2 aromatic heterocycles. The van der Waals surface area contributed by atoms with Crippen molar-refractivity contribution >= 4 is 23.5 Å². The maximum atomic E-state index is 9.39. The predicted octanol–water partition coefficient (Wildman–Crippen LogP) is 1.32. The Hall–Kier alpha value is -1.16. The zero-order valence-electron chi connectivity index (χ0n) is 14.4. The molecule has 2 unspecified atom stereocenters. The van der Waals surface area contributed by atoms with Crippen LogP contribution in [0.15, 0.2) is 36.4 Å². The Labute approximate surface area is 161 Å². The lowest BCUT2D eigenvalue weighted by atomic mass is 10.2. The number of thioether (sulfide) groups is 2. The SMILES string of the molecule is OCC(O)CSCc1cccc(-c2cccc(CSCC(O)CO)n2)n1. The van der Waals surface area contributed by atoms with Crippen LogP contribution in [0.5, 0.6) is 0 Å². The van der Waals surface area contributed by atoms with Crippen molar-refractivity contribution < 1.29 is 20.4 Å². The molecule has 0 saturated heterocycles. The Kier molecular flexibility index (Phi) is 9.38. The summed E-state index contributed by atoms with van der Waals surface area (Å²) in [6.45, 7) is -0.463. The fourth-order valence-corrected chi connectivity index (χ4v) is 3.84. The molecule has 0 bridgehead atoms. The Morgan fingerprint density at radius 1 is 0.731 bits per heavy atom. The van der Waals surface area contributed by atoms with Crippen LogP contribution in [0.3, 0.4) is 0 Å². The molecule has 0 spiro atoms. The van der Waals surface area contributed by atoms with Gasteiger partial charge < -0.3 is 20.4 Å². The number of aliphatic hydroxyl groups is 4. The van der Waals surface area contributed by atoms with E-state index in [4.69, 9.17) is 10.2 Å². The molecule has 0 aromatic carbocycles. The van der Waals surface area contributed by atoms with Crippen LogP contribution in [0.25, 0.3) is 11.4 Å². The second-order valence-corrected chi connectivity index (χ2v) is 7.79. The monoisotopic (exact) mass is 396 g/mol. The second kappa shape index (κ2) is 11.5. The van der Waals surface area contributed by atoms with E-state index in [0.29, 0.717) is 23.0 Å². The van der Waals surface area contributed by atoms with Gasteiger partial charge in [-0.3, -0.25) is 9.97 Å². The molecule has 0 aliphatic heterocycles. The van der Waals surface area contributed by atoms with Crippen LogP contribution in [-0.4, -0.2) is 67.3 Å². The Balaban J connectivity index is 1.97. The van der Waals surface area contributed by atoms with Crippen molar-refractivity contribution in [3.63, 3.8) is 0 Å². The highest BCUT2D eigenvalue weighted by atomic mass is 32.2. The molecule has 2 aromatic rings. The second-order valence-electron chi connectivity index (χ2n) is 5.73. The van der Waals surface area contributed by atoms with Crippen molar-refractivity contribution in [3.05, 3.63) is 47.8 Å². The maximum absolute atomic E-state index is 9.39. The minimum Gasteiger partial charge on any atom is -0.394 e. The molecule has 0 aliphatic carbocycles. The summed E-state index contributed by atoms with van der Waals surface area (Å²) < 4.78 is 0. The van der Waals surface area contributed by atoms with Crippen LogP contribution in [0.4, 0.5) is 0 Å². The third-order valence-corrected chi connectivity index (χ3v) is 5.66. The normalized spacial score (nSPS) is 13.5. The lowest BCUT2D eigenvalue weighted by Crippen LogP contribution is -2.14. The summed E-state index contributed by atoms with van der Waals surface area (Å²) >= 11 is 3.04. The minimum absolute atomic E-state index is 0.232. The highest BCUT2D eigenvalue weighted by Crippen LogP contribution is 2.20. The zero-order chi connectivity index (χ0) is 18.8. The lowest BCUT2D eigenvalue weighted by molar-refractivity contribution is 0.113. The first-order valence-corrected chi connectivity index (χ1v) is 10.6. The van der Waals surface area contributed by atoms with E-state index in [1.807, 2.05) is 36.4 Å². The summed E-state index contributed by atoms with van der Waals surface area (Å²) in [4.78, 5) is 9.24. The average molecular weight is 397 g/mol. The molecule has 6 nitrogen and oxygen atoms in total. The van der Waals surface area contributed by atoms with Crippen molar-refractivity contribution in [1.82, 2.24) is 9.97 Å². The van der Waals surface area contributed by atoms with Gasteiger partial charge in [0.2, 0.25) is 0 Å². The van der Waals surface area contributed by atoms with E-state index < -0.39 is 12.2 Å². The first kappa shape index (κ1) is 21.1. The molecule has 2 heterocycles. The molecule has 26 heavy (non-hydrogen) atoms. The van der Waals surface area contributed by atoms with E-state index >= 15 is 0 Å². The summed E-state index contributed by atoms with van der Waals surface area (Å²) in [5.41, 5.74) is 3.36. The smallest absolute Gasteiger partial charge is 0.0889 e. The largest absolute Gasteiger partial charge is 0.394 e. The molecule has 2 rings (SSSR count). The van der Waals surface area contributed by atoms with Crippen molar-refractivity contribution in [2.45, 2.75) is 23.7 Å². The van der Waals surface area contributed by atoms with Crippen molar-refractivity contribution in [1.29, 1.82) is 0 Å². The molecule has 4 N–H and O–H groups in total. The van der Waals surface area contributed by atoms with E-state index in [-0.39, 0.29) is 13.2 Å². The number of nitrogens with zero attached hydrogens (tertiary/aromatic N) is 2. The highest BCUT2D eigenvalue weighted by molar-refractivity contribution is 7.98. The molecule has 0 radical (unpaired) electrons. The van der Waals surface area contributed by atoms with E-state index in [1.165, 1.54) is 23.5 Å². The van der Waals surface area contributed by atoms with Gasteiger partial charge in [-0.15, -0.1) is 0 Å². The van der Waals surface area contributed by atoms with Crippen molar-refractivity contribution in [2.75, 3.05) is 24.7 Å². The van der Waals surface area contributed by atoms with E-state index in [2.05, 4.69) is 9.97 Å². The fraction of sp³-hybridized carbons (Fsp3) is 0.444. The van der Waals surface area contributed by atoms with Gasteiger partial charge in [0.1, 0.15) is 0 Å². The molecular weight excluding hydrogens is 372 g/mol. The summed E-state index contributed by atoms with van der Waals surface area (Å²) in [7, 11) is 0. The van der Waals surface area contributed by atoms with Crippen LogP contribution in [0, 0.1) is 0 Å². The van der Waals surface area contributed by atoms with Gasteiger partial charge in [0, 0.05) is 23.0 Å². The Bertz CT molecular complexity index is 618. The van der Waals surface area contributed by atoms with Crippen molar-refractivity contribution in [3.8, 4) is 11.4 Å². The summed E-state index contributed by atoms with van der Waals surface area (Å²) in [6, 6.07) is 11.5. The number of aromatic nitrogens is 2. The van der Waals surface area contributed by atoms with Gasteiger partial charge in [-0.2, -0.15) is 23.5 Å². The van der Waals surface area contributed by atoms with Gasteiger partial charge in [-0.05, 0) is 24.3 Å². The van der Waals surface area contributed by atoms with Gasteiger partial charge in [-0.25, -0.2) is 0 Å². The lowest BCUT2D eigenvalue weighted by Gasteiger charge is -2.09.